The van der Waals surface area contributed by atoms with Crippen LogP contribution in [0.15, 0.2) is 42.5 Å². The van der Waals surface area contributed by atoms with Gasteiger partial charge in [0.25, 0.3) is 0 Å². The molecule has 0 saturated carbocycles. The molecule has 1 amide bonds. The van der Waals surface area contributed by atoms with Gasteiger partial charge in [-0.15, -0.1) is 0 Å². The molecular formula is C19H21N3O. The van der Waals surface area contributed by atoms with Crippen LogP contribution in [-0.4, -0.2) is 37.5 Å². The Balaban J connectivity index is 1.56. The summed E-state index contributed by atoms with van der Waals surface area (Å²) in [5.41, 5.74) is 6.28. The highest BCUT2D eigenvalue weighted by molar-refractivity contribution is 5.68. The van der Waals surface area contributed by atoms with Gasteiger partial charge in [-0.25, -0.2) is 0 Å². The van der Waals surface area contributed by atoms with Crippen molar-refractivity contribution in [2.45, 2.75) is 13.1 Å². The van der Waals surface area contributed by atoms with Crippen molar-refractivity contribution >= 4 is 12.1 Å². The summed E-state index contributed by atoms with van der Waals surface area (Å²) in [6.45, 7) is 5.71. The normalized spacial score (nSPS) is 17.2. The number of benzene rings is 2. The molecule has 1 fully saturated rings. The van der Waals surface area contributed by atoms with Gasteiger partial charge in [0.15, 0.2) is 0 Å². The number of rotatable bonds is 3. The number of fused-ring (bicyclic) bond motifs is 1. The summed E-state index contributed by atoms with van der Waals surface area (Å²) in [6, 6.07) is 15.4. The number of piperazine rings is 1. The Morgan fingerprint density at radius 2 is 1.57 bits per heavy atom. The minimum absolute atomic E-state index is 0.728. The van der Waals surface area contributed by atoms with Crippen LogP contribution in [0.5, 0.6) is 0 Å². The summed E-state index contributed by atoms with van der Waals surface area (Å²) >= 11 is 0. The Morgan fingerprint density at radius 1 is 0.870 bits per heavy atom. The quantitative estimate of drug-likeness (QED) is 0.883. The number of nitrogens with zero attached hydrogens (tertiary/aromatic N) is 2. The second-order valence-corrected chi connectivity index (χ2v) is 6.28. The smallest absolute Gasteiger partial charge is 0.210 e. The summed E-state index contributed by atoms with van der Waals surface area (Å²) in [6.07, 6.45) is 0.932. The first-order valence-electron chi connectivity index (χ1n) is 8.21. The highest BCUT2D eigenvalue weighted by Crippen LogP contribution is 2.29. The molecule has 2 aromatic rings. The molecule has 4 heteroatoms. The van der Waals surface area contributed by atoms with Crippen LogP contribution in [0.25, 0.3) is 11.1 Å². The SMILES string of the molecule is O=CN1Cc2ccc(-c3ccc(N4CCNCC4)cc3)cc2C1. The number of nitrogens with one attached hydrogen (secondary N) is 1. The van der Waals surface area contributed by atoms with E-state index in [0.29, 0.717) is 0 Å². The lowest BCUT2D eigenvalue weighted by Gasteiger charge is -2.29. The van der Waals surface area contributed by atoms with Crippen molar-refractivity contribution in [1.82, 2.24) is 10.2 Å². The number of carbonyl (C=O) groups excluding carboxylic acids is 1. The summed E-state index contributed by atoms with van der Waals surface area (Å²) < 4.78 is 0. The third kappa shape index (κ3) is 2.82. The summed E-state index contributed by atoms with van der Waals surface area (Å²) in [5, 5.41) is 3.38. The molecule has 0 aromatic heterocycles. The second-order valence-electron chi connectivity index (χ2n) is 6.28. The average Bonchev–Trinajstić information content (AvgIpc) is 3.05. The van der Waals surface area contributed by atoms with Crippen LogP contribution in [0.1, 0.15) is 11.1 Å². The number of carbonyl (C=O) groups is 1. The molecule has 0 aliphatic carbocycles. The van der Waals surface area contributed by atoms with Gasteiger partial charge in [0.1, 0.15) is 0 Å². The molecule has 118 valence electrons. The fourth-order valence-electron chi connectivity index (χ4n) is 3.46. The highest BCUT2D eigenvalue weighted by Gasteiger charge is 2.17. The molecule has 4 rings (SSSR count). The molecule has 0 radical (unpaired) electrons. The van der Waals surface area contributed by atoms with Gasteiger partial charge in [0.05, 0.1) is 0 Å². The Kier molecular flexibility index (Phi) is 3.75. The molecular weight excluding hydrogens is 286 g/mol. The van der Waals surface area contributed by atoms with Crippen molar-refractivity contribution in [3.05, 3.63) is 53.6 Å². The number of anilines is 1. The van der Waals surface area contributed by atoms with E-state index in [1.54, 1.807) is 0 Å². The maximum atomic E-state index is 10.9. The lowest BCUT2D eigenvalue weighted by Crippen LogP contribution is -2.43. The Hall–Kier alpha value is -2.33. The minimum Gasteiger partial charge on any atom is -0.369 e. The molecule has 2 aromatic carbocycles. The summed E-state index contributed by atoms with van der Waals surface area (Å²) in [4.78, 5) is 15.2. The predicted octanol–water partition coefficient (Wildman–Crippen LogP) is 2.24. The number of amides is 1. The van der Waals surface area contributed by atoms with Crippen LogP contribution in [-0.2, 0) is 17.9 Å². The van der Waals surface area contributed by atoms with Crippen molar-refractivity contribution in [2.75, 3.05) is 31.1 Å². The van der Waals surface area contributed by atoms with Gasteiger partial charge in [-0.2, -0.15) is 0 Å². The number of hydrogen-bond acceptors (Lipinski definition) is 3. The van der Waals surface area contributed by atoms with Crippen LogP contribution >= 0.6 is 0 Å². The average molecular weight is 307 g/mol. The lowest BCUT2D eigenvalue weighted by molar-refractivity contribution is -0.118. The van der Waals surface area contributed by atoms with Crippen molar-refractivity contribution in [1.29, 1.82) is 0 Å². The van der Waals surface area contributed by atoms with E-state index in [-0.39, 0.29) is 0 Å². The predicted molar refractivity (Wildman–Crippen MR) is 92.3 cm³/mol. The molecule has 0 unspecified atom stereocenters. The zero-order valence-corrected chi connectivity index (χ0v) is 13.2. The van der Waals surface area contributed by atoms with Crippen LogP contribution in [0, 0.1) is 0 Å². The zero-order valence-electron chi connectivity index (χ0n) is 13.2. The molecule has 2 aliphatic rings. The molecule has 0 atom stereocenters. The van der Waals surface area contributed by atoms with Crippen molar-refractivity contribution in [3.63, 3.8) is 0 Å². The standard InChI is InChI=1S/C19H21N3O/c23-14-21-12-17-2-1-16(11-18(17)13-21)15-3-5-19(6-4-15)22-9-7-20-8-10-22/h1-6,11,14,20H,7-10,12-13H2. The fourth-order valence-corrected chi connectivity index (χ4v) is 3.46. The van der Waals surface area contributed by atoms with Crippen LogP contribution in [0.3, 0.4) is 0 Å². The lowest BCUT2D eigenvalue weighted by atomic mass is 10.0. The highest BCUT2D eigenvalue weighted by atomic mass is 16.1. The van der Waals surface area contributed by atoms with E-state index >= 15 is 0 Å². The van der Waals surface area contributed by atoms with Gasteiger partial charge in [0, 0.05) is 45.0 Å². The van der Waals surface area contributed by atoms with Gasteiger partial charge in [0.2, 0.25) is 6.41 Å². The van der Waals surface area contributed by atoms with E-state index in [4.69, 9.17) is 0 Å². The van der Waals surface area contributed by atoms with Crippen molar-refractivity contribution in [2.24, 2.45) is 0 Å². The van der Waals surface area contributed by atoms with Gasteiger partial charge in [-0.3, -0.25) is 4.79 Å². The van der Waals surface area contributed by atoms with Gasteiger partial charge < -0.3 is 15.1 Å². The monoisotopic (exact) mass is 307 g/mol. The van der Waals surface area contributed by atoms with E-state index in [1.165, 1.54) is 27.9 Å². The summed E-state index contributed by atoms with van der Waals surface area (Å²) in [7, 11) is 0. The maximum absolute atomic E-state index is 10.9. The maximum Gasteiger partial charge on any atom is 0.210 e. The number of hydrogen-bond donors (Lipinski definition) is 1. The molecule has 1 N–H and O–H groups in total. The van der Waals surface area contributed by atoms with Crippen molar-refractivity contribution < 1.29 is 4.79 Å². The first-order chi connectivity index (χ1) is 11.3. The van der Waals surface area contributed by atoms with Crippen LogP contribution < -0.4 is 10.2 Å². The third-order valence-electron chi connectivity index (χ3n) is 4.78. The Morgan fingerprint density at radius 3 is 2.30 bits per heavy atom. The molecule has 4 nitrogen and oxygen atoms in total. The Labute approximate surface area is 136 Å². The van der Waals surface area contributed by atoms with Crippen LogP contribution in [0.2, 0.25) is 0 Å². The van der Waals surface area contributed by atoms with E-state index in [0.717, 1.165) is 45.7 Å². The fraction of sp³-hybridized carbons (Fsp3) is 0.316. The Bertz CT molecular complexity index is 705. The summed E-state index contributed by atoms with van der Waals surface area (Å²) in [5.74, 6) is 0. The third-order valence-corrected chi connectivity index (χ3v) is 4.78. The largest absolute Gasteiger partial charge is 0.369 e. The molecule has 1 saturated heterocycles. The van der Waals surface area contributed by atoms with Gasteiger partial charge in [-0.05, 0) is 40.5 Å². The van der Waals surface area contributed by atoms with E-state index in [1.807, 2.05) is 4.90 Å². The van der Waals surface area contributed by atoms with E-state index in [9.17, 15) is 4.79 Å². The first-order valence-corrected chi connectivity index (χ1v) is 8.21. The second kappa shape index (κ2) is 6.05. The molecule has 2 aliphatic heterocycles. The van der Waals surface area contributed by atoms with Gasteiger partial charge in [-0.1, -0.05) is 24.3 Å². The van der Waals surface area contributed by atoms with E-state index in [2.05, 4.69) is 52.7 Å². The van der Waals surface area contributed by atoms with Crippen LogP contribution in [0.4, 0.5) is 5.69 Å². The topological polar surface area (TPSA) is 35.6 Å². The van der Waals surface area contributed by atoms with Crippen molar-refractivity contribution in [3.8, 4) is 11.1 Å². The van der Waals surface area contributed by atoms with Gasteiger partial charge >= 0.3 is 0 Å². The molecule has 0 bridgehead atoms. The molecule has 0 spiro atoms. The first kappa shape index (κ1) is 14.3. The van der Waals surface area contributed by atoms with E-state index < -0.39 is 0 Å². The molecule has 23 heavy (non-hydrogen) atoms. The minimum atomic E-state index is 0.728. The zero-order chi connectivity index (χ0) is 15.6. The molecule has 2 heterocycles.